The average Bonchev–Trinajstić information content (AvgIpc) is 2.22. The molecule has 0 fully saturated rings. The molecule has 0 saturated heterocycles. The number of ether oxygens (including phenoxy) is 1. The quantitative estimate of drug-likeness (QED) is 0.542. The molecule has 1 aliphatic carbocycles. The third-order valence-electron chi connectivity index (χ3n) is 1.66. The van der Waals surface area contributed by atoms with Gasteiger partial charge in [0.1, 0.15) is 5.88 Å². The Balaban J connectivity index is 2.83. The van der Waals surface area contributed by atoms with Crippen LogP contribution in [0, 0.1) is 0 Å². The molecule has 1 amide bonds. The number of nitrogens with one attached hydrogen (secondary N) is 1. The van der Waals surface area contributed by atoms with E-state index in [2.05, 4.69) is 10.1 Å². The Hall–Kier alpha value is -1.62. The van der Waals surface area contributed by atoms with Crippen molar-refractivity contribution < 1.29 is 19.1 Å². The molecule has 6 heteroatoms. The number of hydrogen-bond donors (Lipinski definition) is 1. The predicted octanol–water partition coefficient (Wildman–Crippen LogP) is -0.0926. The first-order chi connectivity index (χ1) is 7.08. The van der Waals surface area contributed by atoms with Gasteiger partial charge in [0.15, 0.2) is 5.76 Å². The summed E-state index contributed by atoms with van der Waals surface area (Å²) in [5, 5.41) is 2.21. The fourth-order valence-corrected chi connectivity index (χ4v) is 1.05. The van der Waals surface area contributed by atoms with Crippen LogP contribution >= 0.6 is 11.6 Å². The largest absolute Gasteiger partial charge is 0.493 e. The van der Waals surface area contributed by atoms with Gasteiger partial charge < -0.3 is 10.1 Å². The van der Waals surface area contributed by atoms with Crippen molar-refractivity contribution in [3.8, 4) is 0 Å². The fraction of sp³-hybridized carbons (Fsp3) is 0.222. The number of alkyl halides is 1. The average molecular weight is 230 g/mol. The van der Waals surface area contributed by atoms with Gasteiger partial charge in [-0.1, -0.05) is 0 Å². The Labute approximate surface area is 90.7 Å². The number of carbonyl (C=O) groups excluding carboxylic acids is 3. The highest BCUT2D eigenvalue weighted by Gasteiger charge is 2.21. The van der Waals surface area contributed by atoms with Gasteiger partial charge in [-0.25, -0.2) is 0 Å². The second kappa shape index (κ2) is 4.75. The zero-order valence-corrected chi connectivity index (χ0v) is 8.63. The number of rotatable bonds is 3. The van der Waals surface area contributed by atoms with Gasteiger partial charge in [-0.15, -0.1) is 11.6 Å². The summed E-state index contributed by atoms with van der Waals surface area (Å²) in [4.78, 5) is 33.5. The minimum Gasteiger partial charge on any atom is -0.493 e. The Morgan fingerprint density at radius 2 is 2.07 bits per heavy atom. The summed E-state index contributed by atoms with van der Waals surface area (Å²) in [6.07, 6.45) is 2.03. The minimum absolute atomic E-state index is 0.0520. The van der Waals surface area contributed by atoms with Gasteiger partial charge in [-0.3, -0.25) is 14.4 Å². The summed E-state index contributed by atoms with van der Waals surface area (Å²) < 4.78 is 4.66. The highest BCUT2D eigenvalue weighted by Crippen LogP contribution is 2.10. The van der Waals surface area contributed by atoms with Crippen LogP contribution < -0.4 is 5.32 Å². The van der Waals surface area contributed by atoms with Gasteiger partial charge in [0.05, 0.1) is 12.8 Å². The summed E-state index contributed by atoms with van der Waals surface area (Å²) in [5.41, 5.74) is -0.0912. The standard InChI is InChI=1S/C9H8ClNO4/c1-15-8-3-6(12)5(2-7(8)13)11-9(14)4-10/h2-3H,4H2,1H3,(H,11,14). The monoisotopic (exact) mass is 229 g/mol. The molecule has 0 aromatic carbocycles. The number of hydrogen-bond acceptors (Lipinski definition) is 4. The van der Waals surface area contributed by atoms with E-state index in [0.29, 0.717) is 0 Å². The van der Waals surface area contributed by atoms with E-state index in [1.165, 1.54) is 7.11 Å². The van der Waals surface area contributed by atoms with E-state index in [-0.39, 0.29) is 17.3 Å². The fourth-order valence-electron chi connectivity index (χ4n) is 0.982. The van der Waals surface area contributed by atoms with Crippen LogP contribution in [0.3, 0.4) is 0 Å². The van der Waals surface area contributed by atoms with Gasteiger partial charge in [0, 0.05) is 12.2 Å². The third-order valence-corrected chi connectivity index (χ3v) is 1.90. The van der Waals surface area contributed by atoms with Crippen molar-refractivity contribution in [1.82, 2.24) is 5.32 Å². The molecule has 0 saturated carbocycles. The van der Waals surface area contributed by atoms with Crippen molar-refractivity contribution in [2.75, 3.05) is 13.0 Å². The molecule has 1 aliphatic rings. The van der Waals surface area contributed by atoms with Crippen LogP contribution in [0.1, 0.15) is 0 Å². The van der Waals surface area contributed by atoms with Gasteiger partial charge in [0.25, 0.3) is 0 Å². The molecule has 80 valence electrons. The van der Waals surface area contributed by atoms with Crippen LogP contribution in [0.5, 0.6) is 0 Å². The Bertz CT molecular complexity index is 384. The van der Waals surface area contributed by atoms with E-state index in [0.717, 1.165) is 12.2 Å². The van der Waals surface area contributed by atoms with E-state index in [9.17, 15) is 14.4 Å². The normalized spacial score (nSPS) is 15.6. The maximum Gasteiger partial charge on any atom is 0.239 e. The molecule has 0 aromatic rings. The molecule has 0 radical (unpaired) electrons. The molecule has 0 unspecified atom stereocenters. The van der Waals surface area contributed by atoms with Crippen molar-refractivity contribution in [1.29, 1.82) is 0 Å². The van der Waals surface area contributed by atoms with Gasteiger partial charge in [-0.05, 0) is 0 Å². The highest BCUT2D eigenvalue weighted by atomic mass is 35.5. The summed E-state index contributed by atoms with van der Waals surface area (Å²) in [5.74, 6) is -1.84. The molecule has 0 bridgehead atoms. The summed E-state index contributed by atoms with van der Waals surface area (Å²) in [6.45, 7) is 0. The maximum atomic E-state index is 11.3. The van der Waals surface area contributed by atoms with Crippen LogP contribution in [0.25, 0.3) is 0 Å². The second-order valence-corrected chi connectivity index (χ2v) is 2.95. The number of ketones is 2. The van der Waals surface area contributed by atoms with E-state index < -0.39 is 17.5 Å². The van der Waals surface area contributed by atoms with E-state index in [1.807, 2.05) is 0 Å². The van der Waals surface area contributed by atoms with Crippen molar-refractivity contribution in [3.63, 3.8) is 0 Å². The van der Waals surface area contributed by atoms with Crippen LogP contribution in [-0.2, 0) is 19.1 Å². The predicted molar refractivity (Wildman–Crippen MR) is 52.1 cm³/mol. The summed E-state index contributed by atoms with van der Waals surface area (Å²) >= 11 is 5.24. The van der Waals surface area contributed by atoms with Crippen LogP contribution in [0.2, 0.25) is 0 Å². The van der Waals surface area contributed by atoms with E-state index in [1.54, 1.807) is 0 Å². The van der Waals surface area contributed by atoms with Crippen molar-refractivity contribution in [2.45, 2.75) is 0 Å². The van der Waals surface area contributed by atoms with Gasteiger partial charge in [0.2, 0.25) is 17.5 Å². The first kappa shape index (κ1) is 11.5. The molecule has 1 N–H and O–H groups in total. The molecular weight excluding hydrogens is 222 g/mol. The number of carbonyl (C=O) groups is 3. The molecule has 0 spiro atoms. The molecule has 0 heterocycles. The van der Waals surface area contributed by atoms with Crippen molar-refractivity contribution >= 4 is 29.1 Å². The summed E-state index contributed by atoms with van der Waals surface area (Å²) in [7, 11) is 1.28. The molecule has 0 aromatic heterocycles. The number of amides is 1. The first-order valence-electron chi connectivity index (χ1n) is 4.00. The summed E-state index contributed by atoms with van der Waals surface area (Å²) in [6, 6.07) is 0. The lowest BCUT2D eigenvalue weighted by molar-refractivity contribution is -0.120. The molecule has 0 aliphatic heterocycles. The lowest BCUT2D eigenvalue weighted by Crippen LogP contribution is -2.30. The Kier molecular flexibility index (Phi) is 3.62. The van der Waals surface area contributed by atoms with Gasteiger partial charge >= 0.3 is 0 Å². The van der Waals surface area contributed by atoms with Crippen LogP contribution in [0.15, 0.2) is 23.6 Å². The van der Waals surface area contributed by atoms with Crippen LogP contribution in [0.4, 0.5) is 0 Å². The van der Waals surface area contributed by atoms with Crippen LogP contribution in [-0.4, -0.2) is 30.5 Å². The number of methoxy groups -OCH3 is 1. The molecule has 15 heavy (non-hydrogen) atoms. The maximum absolute atomic E-state index is 11.3. The lowest BCUT2D eigenvalue weighted by Gasteiger charge is -2.11. The number of halogens is 1. The first-order valence-corrected chi connectivity index (χ1v) is 4.53. The molecule has 5 nitrogen and oxygen atoms in total. The Morgan fingerprint density at radius 1 is 1.40 bits per heavy atom. The molecular formula is C9H8ClNO4. The smallest absolute Gasteiger partial charge is 0.239 e. The van der Waals surface area contributed by atoms with Crippen molar-refractivity contribution in [3.05, 3.63) is 23.6 Å². The highest BCUT2D eigenvalue weighted by molar-refractivity contribution is 6.28. The third kappa shape index (κ3) is 2.66. The van der Waals surface area contributed by atoms with Crippen molar-refractivity contribution in [2.24, 2.45) is 0 Å². The second-order valence-electron chi connectivity index (χ2n) is 2.68. The molecule has 0 atom stereocenters. The zero-order valence-electron chi connectivity index (χ0n) is 7.87. The topological polar surface area (TPSA) is 72.5 Å². The SMILES string of the molecule is COC1=CC(=O)C(NC(=O)CCl)=CC1=O. The van der Waals surface area contributed by atoms with E-state index >= 15 is 0 Å². The minimum atomic E-state index is -0.543. The van der Waals surface area contributed by atoms with Gasteiger partial charge in [-0.2, -0.15) is 0 Å². The lowest BCUT2D eigenvalue weighted by atomic mass is 10.1. The molecule has 1 rings (SSSR count). The zero-order chi connectivity index (χ0) is 11.4. The Morgan fingerprint density at radius 3 is 2.60 bits per heavy atom. The number of allylic oxidation sites excluding steroid dienone is 2. The van der Waals surface area contributed by atoms with E-state index in [4.69, 9.17) is 11.6 Å².